The fourth-order valence-corrected chi connectivity index (χ4v) is 2.36. The van der Waals surface area contributed by atoms with Crippen LogP contribution < -0.4 is 15.4 Å². The Hall–Kier alpha value is -1.75. The Morgan fingerprint density at radius 1 is 1.27 bits per heavy atom. The number of rotatable bonds is 9. The van der Waals surface area contributed by atoms with Crippen molar-refractivity contribution in [1.29, 1.82) is 0 Å². The lowest BCUT2D eigenvalue weighted by molar-refractivity contribution is 0.129. The van der Waals surface area contributed by atoms with Crippen molar-refractivity contribution in [3.8, 4) is 5.75 Å². The molecule has 1 aromatic rings. The third-order valence-corrected chi connectivity index (χ3v) is 3.60. The van der Waals surface area contributed by atoms with E-state index in [4.69, 9.17) is 9.47 Å². The Labute approximate surface area is 132 Å². The second-order valence-electron chi connectivity index (χ2n) is 5.51. The predicted octanol–water partition coefficient (Wildman–Crippen LogP) is 2.50. The highest BCUT2D eigenvalue weighted by Gasteiger charge is 2.22. The first-order chi connectivity index (χ1) is 10.8. The summed E-state index contributed by atoms with van der Waals surface area (Å²) in [5.74, 6) is 0.930. The number of carbonyl (C=O) groups excluding carboxylic acids is 1. The van der Waals surface area contributed by atoms with Crippen molar-refractivity contribution in [2.75, 3.05) is 26.3 Å². The van der Waals surface area contributed by atoms with Crippen molar-refractivity contribution in [3.63, 3.8) is 0 Å². The van der Waals surface area contributed by atoms with Crippen LogP contribution in [-0.2, 0) is 11.2 Å². The molecular formula is C17H26N2O3. The van der Waals surface area contributed by atoms with Crippen LogP contribution in [0.3, 0.4) is 0 Å². The molecule has 1 atom stereocenters. The Morgan fingerprint density at radius 3 is 2.91 bits per heavy atom. The zero-order valence-corrected chi connectivity index (χ0v) is 13.3. The van der Waals surface area contributed by atoms with E-state index in [9.17, 15) is 4.79 Å². The molecular weight excluding hydrogens is 280 g/mol. The molecule has 0 aromatic heterocycles. The zero-order valence-electron chi connectivity index (χ0n) is 13.3. The van der Waals surface area contributed by atoms with Gasteiger partial charge in [0.15, 0.2) is 0 Å². The van der Waals surface area contributed by atoms with Gasteiger partial charge < -0.3 is 20.1 Å². The van der Waals surface area contributed by atoms with Gasteiger partial charge >= 0.3 is 6.03 Å². The van der Waals surface area contributed by atoms with Crippen LogP contribution in [0.25, 0.3) is 0 Å². The Balaban J connectivity index is 1.50. The fraction of sp³-hybridized carbons (Fsp3) is 0.588. The first-order valence-electron chi connectivity index (χ1n) is 8.13. The number of ether oxygens (including phenoxy) is 2. The van der Waals surface area contributed by atoms with Crippen LogP contribution in [0.15, 0.2) is 24.3 Å². The predicted molar refractivity (Wildman–Crippen MR) is 86.3 cm³/mol. The summed E-state index contributed by atoms with van der Waals surface area (Å²) >= 11 is 0. The third kappa shape index (κ3) is 5.56. The molecule has 0 aliphatic carbocycles. The van der Waals surface area contributed by atoms with E-state index in [2.05, 4.69) is 23.6 Å². The number of hydrogen-bond donors (Lipinski definition) is 2. The SMILES string of the molecule is CCCCOCCCNC(=O)NCC1Cc2ccccc2O1. The van der Waals surface area contributed by atoms with Crippen molar-refractivity contribution in [2.24, 2.45) is 0 Å². The summed E-state index contributed by atoms with van der Waals surface area (Å²) in [4.78, 5) is 11.7. The molecule has 2 N–H and O–H groups in total. The van der Waals surface area contributed by atoms with E-state index in [0.29, 0.717) is 19.7 Å². The van der Waals surface area contributed by atoms with Gasteiger partial charge in [0.1, 0.15) is 11.9 Å². The minimum Gasteiger partial charge on any atom is -0.488 e. The maximum atomic E-state index is 11.7. The maximum absolute atomic E-state index is 11.7. The number of urea groups is 1. The number of fused-ring (bicyclic) bond motifs is 1. The molecule has 1 aliphatic rings. The molecule has 0 bridgehead atoms. The molecule has 122 valence electrons. The molecule has 1 aliphatic heterocycles. The molecule has 1 unspecified atom stereocenters. The Bertz CT molecular complexity index is 440. The van der Waals surface area contributed by atoms with Crippen LogP contribution in [0.2, 0.25) is 0 Å². The fourth-order valence-electron chi connectivity index (χ4n) is 2.36. The van der Waals surface area contributed by atoms with Gasteiger partial charge in [-0.3, -0.25) is 0 Å². The van der Waals surface area contributed by atoms with Gasteiger partial charge in [-0.1, -0.05) is 31.5 Å². The quantitative estimate of drug-likeness (QED) is 0.689. The van der Waals surface area contributed by atoms with Crippen molar-refractivity contribution >= 4 is 6.03 Å². The van der Waals surface area contributed by atoms with Crippen LogP contribution in [0.5, 0.6) is 5.75 Å². The van der Waals surface area contributed by atoms with Crippen LogP contribution in [0, 0.1) is 0 Å². The highest BCUT2D eigenvalue weighted by Crippen LogP contribution is 2.27. The highest BCUT2D eigenvalue weighted by atomic mass is 16.5. The van der Waals surface area contributed by atoms with Gasteiger partial charge in [0.25, 0.3) is 0 Å². The molecule has 2 amide bonds. The second-order valence-corrected chi connectivity index (χ2v) is 5.51. The van der Waals surface area contributed by atoms with E-state index >= 15 is 0 Å². The second kappa shape index (κ2) is 9.30. The van der Waals surface area contributed by atoms with E-state index in [-0.39, 0.29) is 12.1 Å². The summed E-state index contributed by atoms with van der Waals surface area (Å²) in [5, 5.41) is 5.69. The van der Waals surface area contributed by atoms with Crippen molar-refractivity contribution in [2.45, 2.75) is 38.7 Å². The summed E-state index contributed by atoms with van der Waals surface area (Å²) in [6, 6.07) is 7.85. The molecule has 0 radical (unpaired) electrons. The number of carbonyl (C=O) groups is 1. The van der Waals surface area contributed by atoms with Gasteiger partial charge in [-0.2, -0.15) is 0 Å². The van der Waals surface area contributed by atoms with Gasteiger partial charge in [0, 0.05) is 26.2 Å². The summed E-state index contributed by atoms with van der Waals surface area (Å²) in [6.07, 6.45) is 3.95. The number of hydrogen-bond acceptors (Lipinski definition) is 3. The summed E-state index contributed by atoms with van der Waals surface area (Å²) < 4.78 is 11.2. The van der Waals surface area contributed by atoms with Crippen molar-refractivity contribution in [1.82, 2.24) is 10.6 Å². The van der Waals surface area contributed by atoms with Crippen molar-refractivity contribution in [3.05, 3.63) is 29.8 Å². The van der Waals surface area contributed by atoms with Crippen LogP contribution >= 0.6 is 0 Å². The van der Waals surface area contributed by atoms with Gasteiger partial charge in [0.2, 0.25) is 0 Å². The average Bonchev–Trinajstić information content (AvgIpc) is 2.95. The van der Waals surface area contributed by atoms with Gasteiger partial charge in [0.05, 0.1) is 6.54 Å². The molecule has 0 saturated carbocycles. The molecule has 0 fully saturated rings. The van der Waals surface area contributed by atoms with E-state index < -0.39 is 0 Å². The normalized spacial score (nSPS) is 16.0. The molecule has 5 heteroatoms. The number of para-hydroxylation sites is 1. The highest BCUT2D eigenvalue weighted by molar-refractivity contribution is 5.73. The molecule has 0 spiro atoms. The number of benzene rings is 1. The third-order valence-electron chi connectivity index (χ3n) is 3.60. The van der Waals surface area contributed by atoms with Crippen LogP contribution in [0.1, 0.15) is 31.7 Å². The summed E-state index contributed by atoms with van der Waals surface area (Å²) in [5.41, 5.74) is 1.21. The summed E-state index contributed by atoms with van der Waals surface area (Å²) in [7, 11) is 0. The number of unbranched alkanes of at least 4 members (excludes halogenated alkanes) is 1. The minimum absolute atomic E-state index is 0.0283. The Kier molecular flexibility index (Phi) is 7.03. The number of amides is 2. The standard InChI is InChI=1S/C17H26N2O3/c1-2-3-10-21-11-6-9-18-17(20)19-13-15-12-14-7-4-5-8-16(14)22-15/h4-5,7-8,15H,2-3,6,9-13H2,1H3,(H2,18,19,20). The smallest absolute Gasteiger partial charge is 0.314 e. The van der Waals surface area contributed by atoms with E-state index in [0.717, 1.165) is 38.0 Å². The van der Waals surface area contributed by atoms with E-state index in [1.807, 2.05) is 18.2 Å². The Morgan fingerprint density at radius 2 is 2.09 bits per heavy atom. The molecule has 0 saturated heterocycles. The molecule has 2 rings (SSSR count). The lowest BCUT2D eigenvalue weighted by atomic mass is 10.1. The maximum Gasteiger partial charge on any atom is 0.314 e. The lowest BCUT2D eigenvalue weighted by Gasteiger charge is -2.12. The van der Waals surface area contributed by atoms with E-state index in [1.54, 1.807) is 0 Å². The summed E-state index contributed by atoms with van der Waals surface area (Å²) in [6.45, 7) is 4.79. The lowest BCUT2D eigenvalue weighted by Crippen LogP contribution is -2.41. The topological polar surface area (TPSA) is 59.6 Å². The largest absolute Gasteiger partial charge is 0.488 e. The van der Waals surface area contributed by atoms with Crippen molar-refractivity contribution < 1.29 is 14.3 Å². The molecule has 1 heterocycles. The molecule has 22 heavy (non-hydrogen) atoms. The van der Waals surface area contributed by atoms with Gasteiger partial charge in [-0.15, -0.1) is 0 Å². The molecule has 1 aromatic carbocycles. The first kappa shape index (κ1) is 16.6. The monoisotopic (exact) mass is 306 g/mol. The molecule has 5 nitrogen and oxygen atoms in total. The van der Waals surface area contributed by atoms with Crippen LogP contribution in [-0.4, -0.2) is 38.4 Å². The van der Waals surface area contributed by atoms with Gasteiger partial charge in [-0.25, -0.2) is 4.79 Å². The minimum atomic E-state index is -0.145. The number of nitrogens with one attached hydrogen (secondary N) is 2. The van der Waals surface area contributed by atoms with Crippen LogP contribution in [0.4, 0.5) is 4.79 Å². The first-order valence-corrected chi connectivity index (χ1v) is 8.13. The zero-order chi connectivity index (χ0) is 15.6. The average molecular weight is 306 g/mol. The van der Waals surface area contributed by atoms with Gasteiger partial charge in [-0.05, 0) is 24.5 Å². The van der Waals surface area contributed by atoms with E-state index in [1.165, 1.54) is 5.56 Å².